The fourth-order valence-corrected chi connectivity index (χ4v) is 3.01. The van der Waals surface area contributed by atoms with Crippen molar-refractivity contribution >= 4 is 21.4 Å². The Hall–Kier alpha value is -1.35. The molecule has 1 aromatic rings. The lowest BCUT2D eigenvalue weighted by Crippen LogP contribution is -2.32. The highest BCUT2D eigenvalue weighted by atomic mass is 32.2. The number of anilines is 2. The average molecular weight is 317 g/mol. The zero-order valence-electron chi connectivity index (χ0n) is 12.5. The highest BCUT2D eigenvalue weighted by Crippen LogP contribution is 2.26. The van der Waals surface area contributed by atoms with Crippen molar-refractivity contribution in [2.75, 3.05) is 44.5 Å². The van der Waals surface area contributed by atoms with Crippen molar-refractivity contribution in [2.24, 2.45) is 0 Å². The van der Waals surface area contributed by atoms with E-state index in [4.69, 9.17) is 10.5 Å². The van der Waals surface area contributed by atoms with Gasteiger partial charge >= 0.3 is 0 Å². The summed E-state index contributed by atoms with van der Waals surface area (Å²) in [7, 11) is -0.310. The van der Waals surface area contributed by atoms with Crippen molar-refractivity contribution in [1.29, 1.82) is 0 Å². The van der Waals surface area contributed by atoms with Gasteiger partial charge in [-0.15, -0.1) is 0 Å². The molecule has 0 bridgehead atoms. The number of likely N-dealkylation sites (N-methyl/N-ethyl adjacent to an activating group) is 1. The van der Waals surface area contributed by atoms with Gasteiger partial charge in [0, 0.05) is 27.2 Å². The van der Waals surface area contributed by atoms with E-state index in [0.29, 0.717) is 17.9 Å². The lowest BCUT2D eigenvalue weighted by Gasteiger charge is -2.24. The van der Waals surface area contributed by atoms with E-state index in [0.717, 1.165) is 0 Å². The zero-order valence-corrected chi connectivity index (χ0v) is 13.4. The predicted molar refractivity (Wildman–Crippen MR) is 82.9 cm³/mol. The second-order valence-corrected chi connectivity index (χ2v) is 6.48. The maximum Gasteiger partial charge on any atom is 0.240 e. The molecule has 0 radical (unpaired) electrons. The van der Waals surface area contributed by atoms with Crippen molar-refractivity contribution in [1.82, 2.24) is 4.72 Å². The predicted octanol–water partition coefficient (Wildman–Crippen LogP) is 0.0105. The maximum absolute atomic E-state index is 12.0. The lowest BCUT2D eigenvalue weighted by atomic mass is 10.2. The van der Waals surface area contributed by atoms with Gasteiger partial charge in [-0.3, -0.25) is 0 Å². The van der Waals surface area contributed by atoms with Gasteiger partial charge in [-0.05, 0) is 18.2 Å². The Kier molecular flexibility index (Phi) is 6.41. The van der Waals surface area contributed by atoms with E-state index in [2.05, 4.69) is 4.72 Å². The zero-order chi connectivity index (χ0) is 16.0. The van der Waals surface area contributed by atoms with Gasteiger partial charge in [-0.2, -0.15) is 0 Å². The molecule has 0 fully saturated rings. The summed E-state index contributed by atoms with van der Waals surface area (Å²) in [5.74, 6) is 0. The van der Waals surface area contributed by atoms with E-state index < -0.39 is 16.1 Å². The molecule has 0 saturated heterocycles. The van der Waals surface area contributed by atoms with Gasteiger partial charge in [0.1, 0.15) is 0 Å². The number of ether oxygens (including phenoxy) is 1. The van der Waals surface area contributed by atoms with Crippen LogP contribution in [0.25, 0.3) is 0 Å². The molecule has 0 aromatic heterocycles. The number of hydrogen-bond donors (Lipinski definition) is 3. The number of methoxy groups -OCH3 is 1. The summed E-state index contributed by atoms with van der Waals surface area (Å²) in [6.07, 6.45) is -0.687. The maximum atomic E-state index is 12.0. The first kappa shape index (κ1) is 17.7. The Morgan fingerprint density at radius 3 is 2.71 bits per heavy atom. The van der Waals surface area contributed by atoms with Gasteiger partial charge in [-0.25, -0.2) is 13.1 Å². The monoisotopic (exact) mass is 317 g/mol. The molecule has 7 nitrogen and oxygen atoms in total. The van der Waals surface area contributed by atoms with Gasteiger partial charge in [0.2, 0.25) is 10.0 Å². The first-order valence-corrected chi connectivity index (χ1v) is 8.07. The van der Waals surface area contributed by atoms with E-state index in [1.54, 1.807) is 24.9 Å². The van der Waals surface area contributed by atoms with Gasteiger partial charge in [0.05, 0.1) is 29.0 Å². The first-order chi connectivity index (χ1) is 9.81. The third kappa shape index (κ3) is 4.85. The van der Waals surface area contributed by atoms with Crippen LogP contribution in [0.2, 0.25) is 0 Å². The average Bonchev–Trinajstić information content (AvgIpc) is 2.38. The molecule has 21 heavy (non-hydrogen) atoms. The van der Waals surface area contributed by atoms with Crippen molar-refractivity contribution in [3.05, 3.63) is 18.2 Å². The molecule has 1 aromatic carbocycles. The molecular formula is C13H23N3O4S. The van der Waals surface area contributed by atoms with E-state index in [9.17, 15) is 13.5 Å². The number of rotatable bonds is 8. The van der Waals surface area contributed by atoms with Gasteiger partial charge in [0.25, 0.3) is 0 Å². The second kappa shape index (κ2) is 7.60. The Labute approximate surface area is 125 Å². The van der Waals surface area contributed by atoms with Gasteiger partial charge in [-0.1, -0.05) is 6.92 Å². The molecule has 0 spiro atoms. The number of nitrogens with two attached hydrogens (primary N) is 1. The number of nitrogens with one attached hydrogen (secondary N) is 1. The van der Waals surface area contributed by atoms with Crippen molar-refractivity contribution in [2.45, 2.75) is 17.9 Å². The molecule has 0 saturated carbocycles. The summed E-state index contributed by atoms with van der Waals surface area (Å²) in [4.78, 5) is 1.84. The smallest absolute Gasteiger partial charge is 0.240 e. The molecule has 4 N–H and O–H groups in total. The minimum Gasteiger partial charge on any atom is -0.397 e. The van der Waals surface area contributed by atoms with Gasteiger partial charge < -0.3 is 20.5 Å². The van der Waals surface area contributed by atoms with Gasteiger partial charge in [0.15, 0.2) is 0 Å². The lowest BCUT2D eigenvalue weighted by molar-refractivity contribution is 0.0695. The number of nitrogens with zero attached hydrogens (tertiary/aromatic N) is 1. The Morgan fingerprint density at radius 1 is 1.48 bits per heavy atom. The standard InChI is InChI=1S/C13H23N3O4S/c1-4-15-21(18,19)11-5-6-12(14)13(7-11)16(2)8-10(17)9-20-3/h5-7,10,15,17H,4,8-9,14H2,1-3H3. The summed E-state index contributed by atoms with van der Waals surface area (Å²) in [6, 6.07) is 4.49. The minimum absolute atomic E-state index is 0.140. The molecule has 120 valence electrons. The summed E-state index contributed by atoms with van der Waals surface area (Å²) >= 11 is 0. The van der Waals surface area contributed by atoms with Crippen LogP contribution in [-0.4, -0.2) is 53.5 Å². The Balaban J connectivity index is 3.02. The quantitative estimate of drug-likeness (QED) is 0.583. The van der Waals surface area contributed by atoms with Crippen LogP contribution in [0, 0.1) is 0 Å². The van der Waals surface area contributed by atoms with Crippen molar-refractivity contribution < 1.29 is 18.3 Å². The number of benzene rings is 1. The number of nitrogen functional groups attached to an aromatic ring is 1. The van der Waals surface area contributed by atoms with Crippen LogP contribution < -0.4 is 15.4 Å². The van der Waals surface area contributed by atoms with Crippen LogP contribution in [-0.2, 0) is 14.8 Å². The number of aliphatic hydroxyl groups is 1. The van der Waals surface area contributed by atoms with Crippen LogP contribution in [0.5, 0.6) is 0 Å². The SMILES string of the molecule is CCNS(=O)(=O)c1ccc(N)c(N(C)CC(O)COC)c1. The van der Waals surface area contributed by atoms with Crippen LogP contribution >= 0.6 is 0 Å². The highest BCUT2D eigenvalue weighted by molar-refractivity contribution is 7.89. The largest absolute Gasteiger partial charge is 0.397 e. The Morgan fingerprint density at radius 2 is 2.14 bits per heavy atom. The molecule has 1 atom stereocenters. The molecule has 8 heteroatoms. The van der Waals surface area contributed by atoms with Crippen LogP contribution in [0.15, 0.2) is 23.1 Å². The fourth-order valence-electron chi connectivity index (χ4n) is 1.95. The van der Waals surface area contributed by atoms with E-state index in [-0.39, 0.29) is 18.0 Å². The minimum atomic E-state index is -3.54. The Bertz CT molecular complexity index is 563. The van der Waals surface area contributed by atoms with Crippen molar-refractivity contribution in [3.63, 3.8) is 0 Å². The van der Waals surface area contributed by atoms with Crippen LogP contribution in [0.3, 0.4) is 0 Å². The summed E-state index contributed by atoms with van der Waals surface area (Å²) < 4.78 is 31.3. The molecule has 1 unspecified atom stereocenters. The number of hydrogen-bond acceptors (Lipinski definition) is 6. The fraction of sp³-hybridized carbons (Fsp3) is 0.538. The summed E-state index contributed by atoms with van der Waals surface area (Å²) in [5.41, 5.74) is 6.88. The van der Waals surface area contributed by atoms with Crippen molar-refractivity contribution in [3.8, 4) is 0 Å². The highest BCUT2D eigenvalue weighted by Gasteiger charge is 2.17. The molecule has 0 amide bonds. The van der Waals surface area contributed by atoms with E-state index >= 15 is 0 Å². The number of sulfonamides is 1. The molecule has 1 rings (SSSR count). The molecule has 0 aliphatic rings. The summed E-state index contributed by atoms with van der Waals surface area (Å²) in [5, 5.41) is 9.75. The summed E-state index contributed by atoms with van der Waals surface area (Å²) in [6.45, 7) is 2.50. The molecule has 0 aliphatic heterocycles. The molecule has 0 heterocycles. The third-order valence-corrected chi connectivity index (χ3v) is 4.44. The van der Waals surface area contributed by atoms with Crippen LogP contribution in [0.1, 0.15) is 6.92 Å². The third-order valence-electron chi connectivity index (χ3n) is 2.90. The van der Waals surface area contributed by atoms with Crippen LogP contribution in [0.4, 0.5) is 11.4 Å². The topological polar surface area (TPSA) is 105 Å². The number of aliphatic hydroxyl groups excluding tert-OH is 1. The normalized spacial score (nSPS) is 13.1. The second-order valence-electron chi connectivity index (χ2n) is 4.71. The van der Waals surface area contributed by atoms with E-state index in [1.165, 1.54) is 19.2 Å². The molecular weight excluding hydrogens is 294 g/mol. The first-order valence-electron chi connectivity index (χ1n) is 6.59. The van der Waals surface area contributed by atoms with E-state index in [1.807, 2.05) is 0 Å². The molecule has 0 aliphatic carbocycles.